The number of hydrogen-bond acceptors (Lipinski definition) is 2. The van der Waals surface area contributed by atoms with E-state index in [1.54, 1.807) is 0 Å². The lowest BCUT2D eigenvalue weighted by atomic mass is 9.86. The van der Waals surface area contributed by atoms with Crippen LogP contribution in [0.4, 0.5) is 0 Å². The zero-order valence-electron chi connectivity index (χ0n) is 9.32. The van der Waals surface area contributed by atoms with Gasteiger partial charge in [-0.05, 0) is 36.5 Å². The summed E-state index contributed by atoms with van der Waals surface area (Å²) in [6.07, 6.45) is 4.66. The number of rotatable bonds is 5. The number of nitrogens with two attached hydrogens (primary N) is 1. The lowest BCUT2D eigenvalue weighted by Crippen LogP contribution is -2.19. The van der Waals surface area contributed by atoms with Crippen LogP contribution in [0.1, 0.15) is 24.8 Å². The molecule has 16 heavy (non-hydrogen) atoms. The third-order valence-corrected chi connectivity index (χ3v) is 3.16. The lowest BCUT2D eigenvalue weighted by Gasteiger charge is -2.25. The van der Waals surface area contributed by atoms with Crippen LogP contribution in [0, 0.1) is 5.92 Å². The Morgan fingerprint density at radius 3 is 2.50 bits per heavy atom. The van der Waals surface area contributed by atoms with Crippen LogP contribution >= 0.6 is 12.2 Å². The van der Waals surface area contributed by atoms with Gasteiger partial charge in [0.25, 0.3) is 0 Å². The van der Waals surface area contributed by atoms with Crippen molar-refractivity contribution in [3.63, 3.8) is 0 Å². The maximum absolute atomic E-state index is 5.71. The van der Waals surface area contributed by atoms with Gasteiger partial charge in [-0.2, -0.15) is 0 Å². The molecule has 1 aliphatic rings. The molecule has 0 heterocycles. The molecule has 0 aromatic heterocycles. The third kappa shape index (κ3) is 3.20. The first-order valence-electron chi connectivity index (χ1n) is 5.74. The highest BCUT2D eigenvalue weighted by atomic mass is 32.1. The van der Waals surface area contributed by atoms with Crippen molar-refractivity contribution in [2.24, 2.45) is 11.7 Å². The van der Waals surface area contributed by atoms with Gasteiger partial charge in [0.1, 0.15) is 5.75 Å². The fourth-order valence-electron chi connectivity index (χ4n) is 1.78. The first-order valence-corrected chi connectivity index (χ1v) is 6.15. The summed E-state index contributed by atoms with van der Waals surface area (Å²) in [6, 6.07) is 8.03. The molecule has 0 radical (unpaired) electrons. The summed E-state index contributed by atoms with van der Waals surface area (Å²) in [4.78, 5) is 0.531. The van der Waals surface area contributed by atoms with E-state index >= 15 is 0 Å². The van der Waals surface area contributed by atoms with Crippen molar-refractivity contribution in [1.82, 2.24) is 0 Å². The maximum atomic E-state index is 5.71. The monoisotopic (exact) mass is 235 g/mol. The van der Waals surface area contributed by atoms with Crippen molar-refractivity contribution in [3.05, 3.63) is 29.8 Å². The van der Waals surface area contributed by atoms with E-state index in [1.165, 1.54) is 19.3 Å². The Morgan fingerprint density at radius 2 is 2.00 bits per heavy atom. The summed E-state index contributed by atoms with van der Waals surface area (Å²) < 4.78 is 5.71. The third-order valence-electron chi connectivity index (χ3n) is 3.01. The fraction of sp³-hybridized carbons (Fsp3) is 0.462. The van der Waals surface area contributed by atoms with E-state index in [2.05, 4.69) is 0 Å². The molecule has 1 aromatic carbocycles. The normalized spacial score (nSPS) is 15.5. The van der Waals surface area contributed by atoms with Gasteiger partial charge in [-0.1, -0.05) is 30.8 Å². The Balaban J connectivity index is 1.83. The molecule has 0 aliphatic heterocycles. The highest BCUT2D eigenvalue weighted by Crippen LogP contribution is 2.27. The Hall–Kier alpha value is -1.09. The highest BCUT2D eigenvalue weighted by molar-refractivity contribution is 7.80. The quantitative estimate of drug-likeness (QED) is 0.797. The Labute approximate surface area is 102 Å². The lowest BCUT2D eigenvalue weighted by molar-refractivity contribution is 0.180. The molecule has 0 atom stereocenters. The van der Waals surface area contributed by atoms with Gasteiger partial charge < -0.3 is 10.5 Å². The molecule has 0 saturated heterocycles. The molecular weight excluding hydrogens is 218 g/mol. The Kier molecular flexibility index (Phi) is 3.78. The van der Waals surface area contributed by atoms with E-state index in [0.29, 0.717) is 11.4 Å². The predicted molar refractivity (Wildman–Crippen MR) is 69.8 cm³/mol. The molecule has 2 rings (SSSR count). The van der Waals surface area contributed by atoms with E-state index in [1.807, 2.05) is 24.3 Å². The highest BCUT2D eigenvalue weighted by Gasteiger charge is 2.17. The van der Waals surface area contributed by atoms with Crippen LogP contribution in [0.5, 0.6) is 5.75 Å². The van der Waals surface area contributed by atoms with Gasteiger partial charge in [-0.3, -0.25) is 0 Å². The molecule has 0 amide bonds. The van der Waals surface area contributed by atoms with Crippen molar-refractivity contribution in [1.29, 1.82) is 0 Å². The summed E-state index contributed by atoms with van der Waals surface area (Å²) >= 11 is 4.87. The van der Waals surface area contributed by atoms with Crippen molar-refractivity contribution in [2.75, 3.05) is 6.61 Å². The van der Waals surface area contributed by atoms with Crippen LogP contribution in [0.15, 0.2) is 24.3 Å². The second-order valence-corrected chi connectivity index (χ2v) is 4.92. The molecule has 1 aromatic rings. The smallest absolute Gasteiger partial charge is 0.119 e. The van der Waals surface area contributed by atoms with Gasteiger partial charge in [-0.25, -0.2) is 0 Å². The number of hydrogen-bond donors (Lipinski definition) is 1. The average Bonchev–Trinajstić information content (AvgIpc) is 2.17. The minimum absolute atomic E-state index is 0.531. The molecule has 1 saturated carbocycles. The first kappa shape index (κ1) is 11.4. The van der Waals surface area contributed by atoms with Crippen LogP contribution in [0.2, 0.25) is 0 Å². The molecule has 0 bridgehead atoms. The Morgan fingerprint density at radius 1 is 1.31 bits per heavy atom. The predicted octanol–water partition coefficient (Wildman–Crippen LogP) is 2.69. The Bertz CT molecular complexity index is 357. The zero-order chi connectivity index (χ0) is 11.4. The standard InChI is InChI=1S/C13H17NOS/c14-13(16)8-10-4-6-12(7-5-10)15-9-11-2-1-3-11/h4-7,11H,1-3,8-9H2,(H2,14,16). The van der Waals surface area contributed by atoms with Crippen molar-refractivity contribution in [2.45, 2.75) is 25.7 Å². The van der Waals surface area contributed by atoms with Crippen molar-refractivity contribution >= 4 is 17.2 Å². The van der Waals surface area contributed by atoms with Crippen molar-refractivity contribution in [3.8, 4) is 5.75 Å². The number of benzene rings is 1. The summed E-state index contributed by atoms with van der Waals surface area (Å²) in [6.45, 7) is 0.856. The molecule has 2 N–H and O–H groups in total. The summed E-state index contributed by atoms with van der Waals surface area (Å²) in [7, 11) is 0. The van der Waals surface area contributed by atoms with E-state index in [-0.39, 0.29) is 0 Å². The minimum atomic E-state index is 0.531. The molecular formula is C13H17NOS. The summed E-state index contributed by atoms with van der Waals surface area (Å²) in [5.41, 5.74) is 6.63. The molecule has 86 valence electrons. The molecule has 2 nitrogen and oxygen atoms in total. The van der Waals surface area contributed by atoms with Gasteiger partial charge in [0.2, 0.25) is 0 Å². The van der Waals surface area contributed by atoms with E-state index in [4.69, 9.17) is 22.7 Å². The van der Waals surface area contributed by atoms with Crippen LogP contribution in [0.3, 0.4) is 0 Å². The number of thiocarbonyl (C=S) groups is 1. The van der Waals surface area contributed by atoms with Crippen LogP contribution in [-0.4, -0.2) is 11.6 Å². The first-order chi connectivity index (χ1) is 7.74. The maximum Gasteiger partial charge on any atom is 0.119 e. The van der Waals surface area contributed by atoms with Gasteiger partial charge in [-0.15, -0.1) is 0 Å². The minimum Gasteiger partial charge on any atom is -0.493 e. The van der Waals surface area contributed by atoms with Crippen molar-refractivity contribution < 1.29 is 4.74 Å². The zero-order valence-corrected chi connectivity index (χ0v) is 10.1. The second kappa shape index (κ2) is 5.30. The van der Waals surface area contributed by atoms with Gasteiger partial charge in [0.05, 0.1) is 11.6 Å². The van der Waals surface area contributed by atoms with Crippen LogP contribution in [0.25, 0.3) is 0 Å². The van der Waals surface area contributed by atoms with E-state index in [0.717, 1.165) is 23.8 Å². The van der Waals surface area contributed by atoms with Crippen LogP contribution in [-0.2, 0) is 6.42 Å². The molecule has 3 heteroatoms. The van der Waals surface area contributed by atoms with Gasteiger partial charge in [0, 0.05) is 6.42 Å². The summed E-state index contributed by atoms with van der Waals surface area (Å²) in [5, 5.41) is 0. The van der Waals surface area contributed by atoms with E-state index < -0.39 is 0 Å². The van der Waals surface area contributed by atoms with Gasteiger partial charge in [0.15, 0.2) is 0 Å². The van der Waals surface area contributed by atoms with Crippen LogP contribution < -0.4 is 10.5 Å². The summed E-state index contributed by atoms with van der Waals surface area (Å²) in [5.74, 6) is 1.72. The molecule has 0 spiro atoms. The molecule has 0 unspecified atom stereocenters. The molecule has 1 fully saturated rings. The number of ether oxygens (including phenoxy) is 1. The van der Waals surface area contributed by atoms with E-state index in [9.17, 15) is 0 Å². The largest absolute Gasteiger partial charge is 0.493 e. The second-order valence-electron chi connectivity index (χ2n) is 4.39. The topological polar surface area (TPSA) is 35.2 Å². The SMILES string of the molecule is NC(=S)Cc1ccc(OCC2CCC2)cc1. The molecule has 1 aliphatic carbocycles. The fourth-order valence-corrected chi connectivity index (χ4v) is 1.94. The average molecular weight is 235 g/mol. The van der Waals surface area contributed by atoms with Gasteiger partial charge >= 0.3 is 0 Å².